The van der Waals surface area contributed by atoms with Gasteiger partial charge in [-0.05, 0) is 55.2 Å². The number of amides is 1. The number of nitrogens with zero attached hydrogens (tertiary/aromatic N) is 1. The van der Waals surface area contributed by atoms with Crippen molar-refractivity contribution >= 4 is 28.5 Å². The Morgan fingerprint density at radius 1 is 1.10 bits per heavy atom. The maximum atomic E-state index is 13.5. The van der Waals surface area contributed by atoms with Crippen LogP contribution in [0.25, 0.3) is 11.0 Å². The number of unbranched alkanes of at least 4 members (excludes halogenated alkanes) is 1. The van der Waals surface area contributed by atoms with E-state index in [2.05, 4.69) is 6.92 Å². The number of carbonyl (C=O) groups excluding carboxylic acids is 1. The second kappa shape index (κ2) is 8.75. The zero-order chi connectivity index (χ0) is 22.1. The van der Waals surface area contributed by atoms with Gasteiger partial charge in [0.15, 0.2) is 5.43 Å². The quantitative estimate of drug-likeness (QED) is 0.431. The summed E-state index contributed by atoms with van der Waals surface area (Å²) in [7, 11) is 0. The molecule has 1 atom stereocenters. The lowest BCUT2D eigenvalue weighted by atomic mass is 9.98. The lowest BCUT2D eigenvalue weighted by Crippen LogP contribution is -2.30. The molecule has 6 heteroatoms. The smallest absolute Gasteiger partial charge is 0.290 e. The summed E-state index contributed by atoms with van der Waals surface area (Å²) in [5, 5.41) is 0.893. The van der Waals surface area contributed by atoms with Gasteiger partial charge in [0.1, 0.15) is 11.3 Å². The zero-order valence-electron chi connectivity index (χ0n) is 18.0. The van der Waals surface area contributed by atoms with Gasteiger partial charge in [0.25, 0.3) is 5.91 Å². The highest BCUT2D eigenvalue weighted by Gasteiger charge is 2.42. The topological polar surface area (TPSA) is 59.8 Å². The molecule has 1 aromatic heterocycles. The molecule has 31 heavy (non-hydrogen) atoms. The molecule has 1 aliphatic heterocycles. The summed E-state index contributed by atoms with van der Waals surface area (Å²) in [6, 6.07) is 10.5. The number of ether oxygens (including phenoxy) is 1. The van der Waals surface area contributed by atoms with E-state index >= 15 is 0 Å². The molecule has 0 spiro atoms. The first-order chi connectivity index (χ1) is 15.0. The van der Waals surface area contributed by atoms with Crippen molar-refractivity contribution in [1.29, 1.82) is 0 Å². The standard InChI is InChI=1S/C25H26ClNO4/c1-4-6-12-30-17-9-7-16(8-10-17)22-21-23(28)18-14-19(26)15(3)13-20(18)31-24(21)25(29)27(22)11-5-2/h7-10,13-14,22H,4-6,11-12H2,1-3H3. The van der Waals surface area contributed by atoms with Crippen molar-refractivity contribution in [2.75, 3.05) is 13.2 Å². The highest BCUT2D eigenvalue weighted by Crippen LogP contribution is 2.39. The second-order valence-electron chi connectivity index (χ2n) is 7.94. The number of benzene rings is 2. The number of hydrogen-bond donors (Lipinski definition) is 0. The molecule has 1 aliphatic rings. The van der Waals surface area contributed by atoms with Crippen LogP contribution in [0.5, 0.6) is 5.75 Å². The third kappa shape index (κ3) is 3.83. The van der Waals surface area contributed by atoms with Gasteiger partial charge in [-0.3, -0.25) is 9.59 Å². The number of rotatable bonds is 7. The van der Waals surface area contributed by atoms with Crippen LogP contribution in [0.2, 0.25) is 5.02 Å². The van der Waals surface area contributed by atoms with Gasteiger partial charge in [-0.15, -0.1) is 0 Å². The van der Waals surface area contributed by atoms with Crippen molar-refractivity contribution in [3.8, 4) is 5.75 Å². The predicted octanol–water partition coefficient (Wildman–Crippen LogP) is 5.89. The van der Waals surface area contributed by atoms with Crippen LogP contribution in [-0.4, -0.2) is 24.0 Å². The van der Waals surface area contributed by atoms with Crippen LogP contribution in [0.4, 0.5) is 0 Å². The molecule has 0 saturated carbocycles. The van der Waals surface area contributed by atoms with Crippen LogP contribution in [0.1, 0.15) is 66.4 Å². The van der Waals surface area contributed by atoms with Crippen LogP contribution in [-0.2, 0) is 0 Å². The number of fused-ring (bicyclic) bond motifs is 2. The fourth-order valence-electron chi connectivity index (χ4n) is 4.04. The van der Waals surface area contributed by atoms with Crippen molar-refractivity contribution in [1.82, 2.24) is 4.90 Å². The summed E-state index contributed by atoms with van der Waals surface area (Å²) in [6.07, 6.45) is 2.83. The van der Waals surface area contributed by atoms with Gasteiger partial charge in [0.05, 0.1) is 23.6 Å². The van der Waals surface area contributed by atoms with Gasteiger partial charge in [-0.1, -0.05) is 44.0 Å². The van der Waals surface area contributed by atoms with Gasteiger partial charge in [-0.25, -0.2) is 0 Å². The van der Waals surface area contributed by atoms with Gasteiger partial charge in [-0.2, -0.15) is 0 Å². The Kier molecular flexibility index (Phi) is 6.05. The molecule has 0 aliphatic carbocycles. The number of halogens is 1. The minimum atomic E-state index is -0.493. The van der Waals surface area contributed by atoms with E-state index in [0.29, 0.717) is 34.7 Å². The minimum absolute atomic E-state index is 0.126. The fourth-order valence-corrected chi connectivity index (χ4v) is 4.20. The van der Waals surface area contributed by atoms with Gasteiger partial charge in [0, 0.05) is 11.6 Å². The fraction of sp³-hybridized carbons (Fsp3) is 0.360. The normalized spacial score (nSPS) is 15.5. The summed E-state index contributed by atoms with van der Waals surface area (Å²) >= 11 is 6.27. The molecule has 0 saturated heterocycles. The summed E-state index contributed by atoms with van der Waals surface area (Å²) in [4.78, 5) is 28.4. The van der Waals surface area contributed by atoms with Crippen LogP contribution in [0.3, 0.4) is 0 Å². The first kappa shape index (κ1) is 21.4. The van der Waals surface area contributed by atoms with Crippen LogP contribution in [0, 0.1) is 6.92 Å². The monoisotopic (exact) mass is 439 g/mol. The molecule has 0 bridgehead atoms. The number of aryl methyl sites for hydroxylation is 1. The Hall–Kier alpha value is -2.79. The molecule has 0 radical (unpaired) electrons. The Balaban J connectivity index is 1.82. The van der Waals surface area contributed by atoms with Crippen molar-refractivity contribution in [2.24, 2.45) is 0 Å². The molecule has 5 nitrogen and oxygen atoms in total. The molecule has 0 fully saturated rings. The molecule has 1 unspecified atom stereocenters. The van der Waals surface area contributed by atoms with Gasteiger partial charge in [0.2, 0.25) is 5.76 Å². The molecule has 162 valence electrons. The van der Waals surface area contributed by atoms with Crippen LogP contribution in [0.15, 0.2) is 45.6 Å². The second-order valence-corrected chi connectivity index (χ2v) is 8.35. The van der Waals surface area contributed by atoms with Crippen LogP contribution < -0.4 is 10.2 Å². The van der Waals surface area contributed by atoms with E-state index in [1.54, 1.807) is 17.0 Å². The molecule has 2 heterocycles. The molecule has 0 N–H and O–H groups in total. The Morgan fingerprint density at radius 3 is 2.52 bits per heavy atom. The van der Waals surface area contributed by atoms with E-state index in [4.69, 9.17) is 20.8 Å². The van der Waals surface area contributed by atoms with Crippen LogP contribution >= 0.6 is 11.6 Å². The van der Waals surface area contributed by atoms with E-state index in [1.807, 2.05) is 38.1 Å². The first-order valence-electron chi connectivity index (χ1n) is 10.8. The van der Waals surface area contributed by atoms with E-state index in [1.165, 1.54) is 0 Å². The van der Waals surface area contributed by atoms with E-state index in [9.17, 15) is 9.59 Å². The number of hydrogen-bond acceptors (Lipinski definition) is 4. The van der Waals surface area contributed by atoms with E-state index in [0.717, 1.165) is 36.1 Å². The van der Waals surface area contributed by atoms with Crippen molar-refractivity contribution in [3.05, 3.63) is 74.1 Å². The maximum absolute atomic E-state index is 13.5. The predicted molar refractivity (Wildman–Crippen MR) is 122 cm³/mol. The summed E-state index contributed by atoms with van der Waals surface area (Å²) < 4.78 is 11.7. The maximum Gasteiger partial charge on any atom is 0.290 e. The Labute approximate surface area is 186 Å². The third-order valence-electron chi connectivity index (χ3n) is 5.67. The Morgan fingerprint density at radius 2 is 1.84 bits per heavy atom. The molecule has 2 aromatic carbocycles. The lowest BCUT2D eigenvalue weighted by Gasteiger charge is -2.24. The lowest BCUT2D eigenvalue weighted by molar-refractivity contribution is 0.0728. The first-order valence-corrected chi connectivity index (χ1v) is 11.1. The van der Waals surface area contributed by atoms with Crippen molar-refractivity contribution in [3.63, 3.8) is 0 Å². The number of carbonyl (C=O) groups is 1. The van der Waals surface area contributed by atoms with Crippen molar-refractivity contribution < 1.29 is 13.9 Å². The van der Waals surface area contributed by atoms with E-state index < -0.39 is 6.04 Å². The largest absolute Gasteiger partial charge is 0.494 e. The van der Waals surface area contributed by atoms with E-state index in [-0.39, 0.29) is 17.1 Å². The summed E-state index contributed by atoms with van der Waals surface area (Å²) in [6.45, 7) is 7.16. The summed E-state index contributed by atoms with van der Waals surface area (Å²) in [5.74, 6) is 0.647. The van der Waals surface area contributed by atoms with Crippen molar-refractivity contribution in [2.45, 2.75) is 46.1 Å². The average Bonchev–Trinajstić information content (AvgIpc) is 3.03. The molecule has 4 rings (SSSR count). The van der Waals surface area contributed by atoms with Gasteiger partial charge < -0.3 is 14.1 Å². The average molecular weight is 440 g/mol. The zero-order valence-corrected chi connectivity index (χ0v) is 18.8. The molecule has 3 aromatic rings. The highest BCUT2D eigenvalue weighted by molar-refractivity contribution is 6.32. The Bertz CT molecular complexity index is 1180. The molecule has 1 amide bonds. The third-order valence-corrected chi connectivity index (χ3v) is 6.08. The molecular formula is C25H26ClNO4. The summed E-state index contributed by atoms with van der Waals surface area (Å²) in [5.41, 5.74) is 2.20. The van der Waals surface area contributed by atoms with Gasteiger partial charge >= 0.3 is 0 Å². The molecular weight excluding hydrogens is 414 g/mol. The highest BCUT2D eigenvalue weighted by atomic mass is 35.5. The SMILES string of the molecule is CCCCOc1ccc(C2c3c(oc4cc(C)c(Cl)cc4c3=O)C(=O)N2CCC)cc1. The minimum Gasteiger partial charge on any atom is -0.494 e.